The van der Waals surface area contributed by atoms with E-state index >= 15 is 0 Å². The Hall–Kier alpha value is -1.43. The van der Waals surface area contributed by atoms with E-state index in [1.807, 2.05) is 0 Å². The SMILES string of the molecule is CC(C)C(NC(=O)c1ccncc1Br)C(=O)O. The molecule has 0 radical (unpaired) electrons. The minimum Gasteiger partial charge on any atom is -0.480 e. The van der Waals surface area contributed by atoms with Gasteiger partial charge in [0.05, 0.1) is 5.56 Å². The lowest BCUT2D eigenvalue weighted by Gasteiger charge is -2.18. The van der Waals surface area contributed by atoms with E-state index in [4.69, 9.17) is 5.11 Å². The van der Waals surface area contributed by atoms with Crippen LogP contribution in [0.2, 0.25) is 0 Å². The van der Waals surface area contributed by atoms with Gasteiger partial charge in [-0.1, -0.05) is 13.8 Å². The number of hydrogen-bond donors (Lipinski definition) is 2. The highest BCUT2D eigenvalue weighted by atomic mass is 79.9. The van der Waals surface area contributed by atoms with Crippen molar-refractivity contribution >= 4 is 27.8 Å². The molecule has 2 N–H and O–H groups in total. The van der Waals surface area contributed by atoms with Crippen molar-refractivity contribution in [1.29, 1.82) is 0 Å². The maximum Gasteiger partial charge on any atom is 0.326 e. The Kier molecular flexibility index (Phi) is 4.62. The van der Waals surface area contributed by atoms with Gasteiger partial charge in [0.1, 0.15) is 6.04 Å². The first-order chi connectivity index (χ1) is 7.93. The molecule has 0 aliphatic carbocycles. The highest BCUT2D eigenvalue weighted by molar-refractivity contribution is 9.10. The zero-order valence-corrected chi connectivity index (χ0v) is 11.1. The number of nitrogens with one attached hydrogen (secondary N) is 1. The van der Waals surface area contributed by atoms with Gasteiger partial charge in [0.25, 0.3) is 5.91 Å². The van der Waals surface area contributed by atoms with E-state index in [9.17, 15) is 9.59 Å². The second-order valence-electron chi connectivity index (χ2n) is 3.89. The number of carboxylic acid groups (broad SMARTS) is 1. The summed E-state index contributed by atoms with van der Waals surface area (Å²) >= 11 is 3.19. The molecular formula is C11H13BrN2O3. The molecule has 1 aromatic rings. The molecule has 0 saturated carbocycles. The average molecular weight is 301 g/mol. The average Bonchev–Trinajstić information content (AvgIpc) is 2.25. The van der Waals surface area contributed by atoms with Crippen molar-refractivity contribution < 1.29 is 14.7 Å². The van der Waals surface area contributed by atoms with Crippen LogP contribution in [0.15, 0.2) is 22.9 Å². The first-order valence-electron chi connectivity index (χ1n) is 5.06. The predicted molar refractivity (Wildman–Crippen MR) is 65.7 cm³/mol. The molecule has 1 unspecified atom stereocenters. The second-order valence-corrected chi connectivity index (χ2v) is 4.74. The third-order valence-electron chi connectivity index (χ3n) is 2.24. The minimum atomic E-state index is -1.04. The number of carbonyl (C=O) groups excluding carboxylic acids is 1. The molecule has 1 aromatic heterocycles. The zero-order chi connectivity index (χ0) is 13.0. The number of amides is 1. The maximum absolute atomic E-state index is 11.9. The lowest BCUT2D eigenvalue weighted by molar-refractivity contribution is -0.140. The van der Waals surface area contributed by atoms with E-state index in [1.165, 1.54) is 18.5 Å². The Morgan fingerprint density at radius 1 is 1.47 bits per heavy atom. The van der Waals surface area contributed by atoms with E-state index in [2.05, 4.69) is 26.2 Å². The van der Waals surface area contributed by atoms with Crippen LogP contribution in [0, 0.1) is 5.92 Å². The highest BCUT2D eigenvalue weighted by Crippen LogP contribution is 2.14. The van der Waals surface area contributed by atoms with Gasteiger partial charge in [0.15, 0.2) is 0 Å². The van der Waals surface area contributed by atoms with Crippen molar-refractivity contribution in [3.63, 3.8) is 0 Å². The van der Waals surface area contributed by atoms with Crippen LogP contribution in [0.25, 0.3) is 0 Å². The number of carbonyl (C=O) groups is 2. The lowest BCUT2D eigenvalue weighted by atomic mass is 10.0. The summed E-state index contributed by atoms with van der Waals surface area (Å²) in [6, 6.07) is 0.626. The van der Waals surface area contributed by atoms with E-state index < -0.39 is 17.9 Å². The Bertz CT molecular complexity index is 434. The quantitative estimate of drug-likeness (QED) is 0.887. The molecule has 0 aliphatic rings. The van der Waals surface area contributed by atoms with Crippen molar-refractivity contribution in [2.24, 2.45) is 5.92 Å². The molecule has 1 atom stereocenters. The third-order valence-corrected chi connectivity index (χ3v) is 2.87. The number of carboxylic acids is 1. The van der Waals surface area contributed by atoms with Crippen LogP contribution in [-0.4, -0.2) is 28.0 Å². The number of halogens is 1. The molecule has 0 spiro atoms. The third kappa shape index (κ3) is 3.52. The van der Waals surface area contributed by atoms with Crippen molar-refractivity contribution in [3.05, 3.63) is 28.5 Å². The van der Waals surface area contributed by atoms with Gasteiger partial charge in [-0.15, -0.1) is 0 Å². The van der Waals surface area contributed by atoms with Crippen LogP contribution >= 0.6 is 15.9 Å². The fraction of sp³-hybridized carbons (Fsp3) is 0.364. The van der Waals surface area contributed by atoms with Crippen molar-refractivity contribution in [2.45, 2.75) is 19.9 Å². The lowest BCUT2D eigenvalue weighted by Crippen LogP contribution is -2.44. The molecule has 0 aromatic carbocycles. The number of nitrogens with zero attached hydrogens (tertiary/aromatic N) is 1. The van der Waals surface area contributed by atoms with Gasteiger partial charge in [0.2, 0.25) is 0 Å². The van der Waals surface area contributed by atoms with Crippen molar-refractivity contribution in [1.82, 2.24) is 10.3 Å². The monoisotopic (exact) mass is 300 g/mol. The number of aromatic nitrogens is 1. The van der Waals surface area contributed by atoms with Gasteiger partial charge < -0.3 is 10.4 Å². The molecule has 0 saturated heterocycles. The molecule has 1 heterocycles. The highest BCUT2D eigenvalue weighted by Gasteiger charge is 2.24. The van der Waals surface area contributed by atoms with Gasteiger partial charge in [-0.25, -0.2) is 4.79 Å². The topological polar surface area (TPSA) is 79.3 Å². The fourth-order valence-electron chi connectivity index (χ4n) is 1.29. The first-order valence-corrected chi connectivity index (χ1v) is 5.86. The Balaban J connectivity index is 2.85. The maximum atomic E-state index is 11.9. The van der Waals surface area contributed by atoms with Crippen LogP contribution in [0.1, 0.15) is 24.2 Å². The number of rotatable bonds is 4. The Labute approximate surface area is 107 Å². The molecule has 1 amide bonds. The summed E-state index contributed by atoms with van der Waals surface area (Å²) in [4.78, 5) is 26.6. The molecule has 0 bridgehead atoms. The standard InChI is InChI=1S/C11H13BrN2O3/c1-6(2)9(11(16)17)14-10(15)7-3-4-13-5-8(7)12/h3-6,9H,1-2H3,(H,14,15)(H,16,17). The molecule has 5 nitrogen and oxygen atoms in total. The summed E-state index contributed by atoms with van der Waals surface area (Å²) in [5.41, 5.74) is 0.368. The Morgan fingerprint density at radius 3 is 2.59 bits per heavy atom. The number of aliphatic carboxylic acids is 1. The predicted octanol–water partition coefficient (Wildman–Crippen LogP) is 1.68. The van der Waals surface area contributed by atoms with E-state index in [1.54, 1.807) is 13.8 Å². The van der Waals surface area contributed by atoms with Crippen LogP contribution in [0.4, 0.5) is 0 Å². The number of pyridine rings is 1. The first kappa shape index (κ1) is 13.6. The molecule has 17 heavy (non-hydrogen) atoms. The van der Waals surface area contributed by atoms with Gasteiger partial charge in [0, 0.05) is 16.9 Å². The largest absolute Gasteiger partial charge is 0.480 e. The summed E-state index contributed by atoms with van der Waals surface area (Å²) in [6.07, 6.45) is 2.96. The molecule has 0 fully saturated rings. The summed E-state index contributed by atoms with van der Waals surface area (Å²) in [6.45, 7) is 3.47. The van der Waals surface area contributed by atoms with E-state index in [0.717, 1.165) is 0 Å². The molecule has 0 aliphatic heterocycles. The normalized spacial score (nSPS) is 12.2. The van der Waals surface area contributed by atoms with Crippen LogP contribution in [0.3, 0.4) is 0 Å². The van der Waals surface area contributed by atoms with E-state index in [0.29, 0.717) is 10.0 Å². The second kappa shape index (κ2) is 5.77. The van der Waals surface area contributed by atoms with Gasteiger partial charge in [-0.2, -0.15) is 0 Å². The molecule has 6 heteroatoms. The van der Waals surface area contributed by atoms with Crippen LogP contribution in [0.5, 0.6) is 0 Å². The summed E-state index contributed by atoms with van der Waals surface area (Å²) < 4.78 is 0.533. The van der Waals surface area contributed by atoms with Crippen LogP contribution < -0.4 is 5.32 Å². The minimum absolute atomic E-state index is 0.183. The van der Waals surface area contributed by atoms with Crippen molar-refractivity contribution in [3.8, 4) is 0 Å². The van der Waals surface area contributed by atoms with Gasteiger partial charge in [-0.3, -0.25) is 9.78 Å². The van der Waals surface area contributed by atoms with Gasteiger partial charge in [-0.05, 0) is 27.9 Å². The van der Waals surface area contributed by atoms with Gasteiger partial charge >= 0.3 is 5.97 Å². The summed E-state index contributed by atoms with van der Waals surface area (Å²) in [5.74, 6) is -1.66. The summed E-state index contributed by atoms with van der Waals surface area (Å²) in [5, 5.41) is 11.4. The smallest absolute Gasteiger partial charge is 0.326 e. The number of hydrogen-bond acceptors (Lipinski definition) is 3. The van der Waals surface area contributed by atoms with Crippen molar-refractivity contribution in [2.75, 3.05) is 0 Å². The zero-order valence-electron chi connectivity index (χ0n) is 9.48. The fourth-order valence-corrected chi connectivity index (χ4v) is 1.72. The Morgan fingerprint density at radius 2 is 2.12 bits per heavy atom. The van der Waals surface area contributed by atoms with E-state index in [-0.39, 0.29) is 5.92 Å². The van der Waals surface area contributed by atoms with Crippen LogP contribution in [-0.2, 0) is 4.79 Å². The molecular weight excluding hydrogens is 288 g/mol. The molecule has 1 rings (SSSR count). The summed E-state index contributed by atoms with van der Waals surface area (Å²) in [7, 11) is 0. The molecule has 92 valence electrons.